The molecular weight excluding hydrogens is 324 g/mol. The first-order valence-corrected chi connectivity index (χ1v) is 8.10. The highest BCUT2D eigenvalue weighted by atomic mass is 16.6. The number of benzene rings is 1. The van der Waals surface area contributed by atoms with E-state index in [1.165, 1.54) is 11.6 Å². The number of aliphatic hydroxyl groups excluding tert-OH is 1. The van der Waals surface area contributed by atoms with Gasteiger partial charge in [0.25, 0.3) is 5.91 Å². The second-order valence-corrected chi connectivity index (χ2v) is 5.89. The van der Waals surface area contributed by atoms with Crippen LogP contribution in [-0.4, -0.2) is 31.8 Å². The molecule has 0 aliphatic carbocycles. The second kappa shape index (κ2) is 7.89. The molecule has 0 bridgehead atoms. The van der Waals surface area contributed by atoms with Gasteiger partial charge in [0.2, 0.25) is 5.69 Å². The van der Waals surface area contributed by atoms with Crippen LogP contribution in [0.2, 0.25) is 0 Å². The lowest BCUT2D eigenvalue weighted by Gasteiger charge is -2.18. The molecule has 1 amide bonds. The molecule has 2 unspecified atom stereocenters. The summed E-state index contributed by atoms with van der Waals surface area (Å²) in [6.07, 6.45) is -0.438. The molecule has 25 heavy (non-hydrogen) atoms. The number of hydrogen-bond acceptors (Lipinski definition) is 5. The first-order chi connectivity index (χ1) is 11.8. The quantitative estimate of drug-likeness (QED) is 0.591. The van der Waals surface area contributed by atoms with E-state index in [4.69, 9.17) is 0 Å². The molecule has 2 rings (SSSR count). The van der Waals surface area contributed by atoms with Crippen LogP contribution in [0.5, 0.6) is 0 Å². The van der Waals surface area contributed by atoms with Crippen molar-refractivity contribution in [2.75, 3.05) is 0 Å². The number of nitro groups is 1. The summed E-state index contributed by atoms with van der Waals surface area (Å²) < 4.78 is 1.32. The number of aliphatic hydroxyl groups is 1. The fourth-order valence-corrected chi connectivity index (χ4v) is 2.74. The molecule has 1 aromatic heterocycles. The first-order valence-electron chi connectivity index (χ1n) is 8.10. The van der Waals surface area contributed by atoms with Crippen molar-refractivity contribution in [3.8, 4) is 0 Å². The SMILES string of the molecule is CCn1nc(C)c([N+](=O)[O-])c1C(=O)NC(C)CC(O)c1ccccc1. The van der Waals surface area contributed by atoms with Gasteiger partial charge in [-0.3, -0.25) is 19.6 Å². The molecule has 0 saturated heterocycles. The molecule has 0 aliphatic heterocycles. The van der Waals surface area contributed by atoms with E-state index in [0.29, 0.717) is 13.0 Å². The first kappa shape index (κ1) is 18.6. The summed E-state index contributed by atoms with van der Waals surface area (Å²) in [4.78, 5) is 23.2. The minimum atomic E-state index is -0.732. The Bertz CT molecular complexity index is 758. The second-order valence-electron chi connectivity index (χ2n) is 5.89. The number of aromatic nitrogens is 2. The van der Waals surface area contributed by atoms with Crippen LogP contribution >= 0.6 is 0 Å². The maximum atomic E-state index is 12.5. The predicted molar refractivity (Wildman–Crippen MR) is 92.2 cm³/mol. The number of nitrogens with zero attached hydrogens (tertiary/aromatic N) is 3. The van der Waals surface area contributed by atoms with Crippen LogP contribution in [0.1, 0.15) is 48.1 Å². The molecule has 1 heterocycles. The Morgan fingerprint density at radius 3 is 2.60 bits per heavy atom. The zero-order chi connectivity index (χ0) is 18.6. The van der Waals surface area contributed by atoms with Crippen LogP contribution in [0.3, 0.4) is 0 Å². The van der Waals surface area contributed by atoms with E-state index < -0.39 is 16.9 Å². The third-order valence-electron chi connectivity index (χ3n) is 3.93. The van der Waals surface area contributed by atoms with Gasteiger partial charge < -0.3 is 10.4 Å². The summed E-state index contributed by atoms with van der Waals surface area (Å²) in [6.45, 7) is 5.35. The fourth-order valence-electron chi connectivity index (χ4n) is 2.74. The number of aryl methyl sites for hydroxylation is 2. The maximum absolute atomic E-state index is 12.5. The van der Waals surface area contributed by atoms with Crippen LogP contribution in [0.4, 0.5) is 5.69 Å². The van der Waals surface area contributed by atoms with Crippen molar-refractivity contribution in [3.05, 3.63) is 57.4 Å². The standard InChI is InChI=1S/C17H22N4O4/c1-4-20-16(15(21(24)25)12(3)19-20)17(23)18-11(2)10-14(22)13-8-6-5-7-9-13/h5-9,11,14,22H,4,10H2,1-3H3,(H,18,23). The van der Waals surface area contributed by atoms with Gasteiger partial charge in [0, 0.05) is 12.6 Å². The molecule has 2 aromatic rings. The zero-order valence-electron chi connectivity index (χ0n) is 14.5. The highest BCUT2D eigenvalue weighted by Crippen LogP contribution is 2.24. The number of rotatable bonds is 7. The smallest absolute Gasteiger partial charge is 0.322 e. The Labute approximate surface area is 145 Å². The van der Waals surface area contributed by atoms with Crippen LogP contribution < -0.4 is 5.32 Å². The number of amides is 1. The van der Waals surface area contributed by atoms with E-state index in [9.17, 15) is 20.0 Å². The minimum absolute atomic E-state index is 0.0638. The van der Waals surface area contributed by atoms with Crippen LogP contribution in [0, 0.1) is 17.0 Å². The summed E-state index contributed by atoms with van der Waals surface area (Å²) in [5.41, 5.74) is 0.610. The molecule has 0 spiro atoms. The summed E-state index contributed by atoms with van der Waals surface area (Å²) in [5.74, 6) is -0.568. The Balaban J connectivity index is 2.13. The van der Waals surface area contributed by atoms with Crippen molar-refractivity contribution in [1.82, 2.24) is 15.1 Å². The molecule has 2 atom stereocenters. The van der Waals surface area contributed by atoms with Gasteiger partial charge in [0.15, 0.2) is 0 Å². The van der Waals surface area contributed by atoms with Crippen molar-refractivity contribution in [2.45, 2.75) is 45.9 Å². The number of hydrogen-bond donors (Lipinski definition) is 2. The lowest BCUT2D eigenvalue weighted by Crippen LogP contribution is -2.35. The third-order valence-corrected chi connectivity index (χ3v) is 3.93. The molecule has 2 N–H and O–H groups in total. The summed E-state index contributed by atoms with van der Waals surface area (Å²) in [5, 5.41) is 28.3. The van der Waals surface area contributed by atoms with Crippen molar-refractivity contribution in [2.24, 2.45) is 0 Å². The minimum Gasteiger partial charge on any atom is -0.388 e. The summed E-state index contributed by atoms with van der Waals surface area (Å²) >= 11 is 0. The number of carbonyl (C=O) groups is 1. The van der Waals surface area contributed by atoms with Crippen LogP contribution in [-0.2, 0) is 6.54 Å². The molecule has 8 heteroatoms. The van der Waals surface area contributed by atoms with E-state index >= 15 is 0 Å². The van der Waals surface area contributed by atoms with Gasteiger partial charge in [-0.2, -0.15) is 5.10 Å². The number of carbonyl (C=O) groups excluding carboxylic acids is 1. The lowest BCUT2D eigenvalue weighted by atomic mass is 10.0. The van der Waals surface area contributed by atoms with Gasteiger partial charge in [0.1, 0.15) is 5.69 Å². The van der Waals surface area contributed by atoms with E-state index in [-0.39, 0.29) is 23.1 Å². The highest BCUT2D eigenvalue weighted by Gasteiger charge is 2.30. The molecule has 134 valence electrons. The molecule has 0 radical (unpaired) electrons. The van der Waals surface area contributed by atoms with E-state index in [2.05, 4.69) is 10.4 Å². The topological polar surface area (TPSA) is 110 Å². The van der Waals surface area contributed by atoms with Gasteiger partial charge in [-0.05, 0) is 32.8 Å². The maximum Gasteiger partial charge on any atom is 0.322 e. The monoisotopic (exact) mass is 346 g/mol. The van der Waals surface area contributed by atoms with Crippen molar-refractivity contribution in [3.63, 3.8) is 0 Å². The lowest BCUT2D eigenvalue weighted by molar-refractivity contribution is -0.385. The molecule has 8 nitrogen and oxygen atoms in total. The molecule has 0 fully saturated rings. The zero-order valence-corrected chi connectivity index (χ0v) is 14.5. The van der Waals surface area contributed by atoms with E-state index in [1.54, 1.807) is 26.0 Å². The predicted octanol–water partition coefficient (Wildman–Crippen LogP) is 2.36. The number of nitrogens with one attached hydrogen (secondary N) is 1. The Hall–Kier alpha value is -2.74. The van der Waals surface area contributed by atoms with Gasteiger partial charge in [-0.1, -0.05) is 30.3 Å². The largest absolute Gasteiger partial charge is 0.388 e. The van der Waals surface area contributed by atoms with Crippen molar-refractivity contribution < 1.29 is 14.8 Å². The van der Waals surface area contributed by atoms with Crippen LogP contribution in [0.25, 0.3) is 0 Å². The average molecular weight is 346 g/mol. The van der Waals surface area contributed by atoms with E-state index in [1.807, 2.05) is 18.2 Å². The van der Waals surface area contributed by atoms with Gasteiger partial charge in [0.05, 0.1) is 11.0 Å². The van der Waals surface area contributed by atoms with E-state index in [0.717, 1.165) is 5.56 Å². The van der Waals surface area contributed by atoms with Gasteiger partial charge >= 0.3 is 5.69 Å². The van der Waals surface area contributed by atoms with Crippen LogP contribution in [0.15, 0.2) is 30.3 Å². The summed E-state index contributed by atoms with van der Waals surface area (Å²) in [6, 6.07) is 8.75. The Kier molecular flexibility index (Phi) is 5.87. The molecular formula is C17H22N4O4. The molecule has 0 aliphatic rings. The summed E-state index contributed by atoms with van der Waals surface area (Å²) in [7, 11) is 0. The Morgan fingerprint density at radius 2 is 2.04 bits per heavy atom. The van der Waals surface area contributed by atoms with Crippen molar-refractivity contribution >= 4 is 11.6 Å². The normalized spacial score (nSPS) is 13.3. The highest BCUT2D eigenvalue weighted by molar-refractivity contribution is 5.97. The fraction of sp³-hybridized carbons (Fsp3) is 0.412. The van der Waals surface area contributed by atoms with Crippen molar-refractivity contribution in [1.29, 1.82) is 0 Å². The third kappa shape index (κ3) is 4.21. The molecule has 1 aromatic carbocycles. The molecule has 0 saturated carbocycles. The average Bonchev–Trinajstić information content (AvgIpc) is 2.92. The van der Waals surface area contributed by atoms with Gasteiger partial charge in [-0.15, -0.1) is 0 Å². The Morgan fingerprint density at radius 1 is 1.40 bits per heavy atom. The van der Waals surface area contributed by atoms with Gasteiger partial charge in [-0.25, -0.2) is 0 Å².